The van der Waals surface area contributed by atoms with Crippen LogP contribution in [0.2, 0.25) is 0 Å². The van der Waals surface area contributed by atoms with E-state index in [2.05, 4.69) is 5.32 Å². The molecule has 1 aromatic rings. The molecule has 2 aliphatic carbocycles. The molecule has 2 amide bonds. The van der Waals surface area contributed by atoms with Gasteiger partial charge in [0.15, 0.2) is 9.84 Å². The summed E-state index contributed by atoms with van der Waals surface area (Å²) >= 11 is 0. The summed E-state index contributed by atoms with van der Waals surface area (Å²) in [6, 6.07) is 0.640. The number of nitrogens with zero attached hydrogens (tertiary/aromatic N) is 1. The van der Waals surface area contributed by atoms with E-state index in [9.17, 15) is 31.9 Å². The molecule has 2 fully saturated rings. The van der Waals surface area contributed by atoms with Crippen LogP contribution in [0.15, 0.2) is 18.2 Å². The van der Waals surface area contributed by atoms with Crippen LogP contribution in [0.4, 0.5) is 8.78 Å². The summed E-state index contributed by atoms with van der Waals surface area (Å²) in [5.74, 6) is -3.10. The average Bonchev–Trinajstić information content (AvgIpc) is 3.74. The van der Waals surface area contributed by atoms with Crippen molar-refractivity contribution in [2.45, 2.75) is 101 Å². The van der Waals surface area contributed by atoms with Gasteiger partial charge in [0.1, 0.15) is 17.7 Å². The molecule has 4 N–H and O–H groups in total. The van der Waals surface area contributed by atoms with Crippen molar-refractivity contribution >= 4 is 21.7 Å². The molecule has 0 radical (unpaired) electrons. The van der Waals surface area contributed by atoms with Gasteiger partial charge in [-0.3, -0.25) is 9.59 Å². The maximum Gasteiger partial charge on any atom is 0.246 e. The molecule has 2 saturated carbocycles. The number of carbonyl (C=O) groups is 2. The highest BCUT2D eigenvalue weighted by atomic mass is 32.2. The van der Waals surface area contributed by atoms with Crippen LogP contribution in [0.1, 0.15) is 70.8 Å². The number of sulfone groups is 1. The van der Waals surface area contributed by atoms with Crippen molar-refractivity contribution in [1.29, 1.82) is 0 Å². The molecule has 38 heavy (non-hydrogen) atoms. The Labute approximate surface area is 224 Å². The number of benzene rings is 1. The Kier molecular flexibility index (Phi) is 10.7. The summed E-state index contributed by atoms with van der Waals surface area (Å²) in [5, 5.41) is 12.9. The van der Waals surface area contributed by atoms with E-state index in [1.807, 2.05) is 13.8 Å². The van der Waals surface area contributed by atoms with Crippen LogP contribution in [-0.2, 0) is 25.8 Å². The first-order valence-corrected chi connectivity index (χ1v) is 15.4. The fourth-order valence-corrected chi connectivity index (χ4v) is 6.96. The van der Waals surface area contributed by atoms with Gasteiger partial charge < -0.3 is 21.1 Å². The molecule has 0 unspecified atom stereocenters. The Morgan fingerprint density at radius 3 is 2.16 bits per heavy atom. The third-order valence-corrected chi connectivity index (χ3v) is 9.52. The molecule has 0 aromatic heterocycles. The molecule has 214 valence electrons. The molecule has 0 aliphatic heterocycles. The second kappa shape index (κ2) is 13.3. The van der Waals surface area contributed by atoms with E-state index in [0.29, 0.717) is 51.4 Å². The highest BCUT2D eigenvalue weighted by Gasteiger charge is 2.42. The monoisotopic (exact) mass is 557 g/mol. The first-order valence-electron chi connectivity index (χ1n) is 13.7. The fourth-order valence-electron chi connectivity index (χ4n) is 4.80. The van der Waals surface area contributed by atoms with Crippen molar-refractivity contribution in [3.8, 4) is 0 Å². The van der Waals surface area contributed by atoms with Gasteiger partial charge in [-0.1, -0.05) is 26.7 Å². The van der Waals surface area contributed by atoms with Gasteiger partial charge in [-0.2, -0.15) is 0 Å². The van der Waals surface area contributed by atoms with E-state index in [4.69, 9.17) is 5.73 Å². The number of hydrogen-bond acceptors (Lipinski definition) is 6. The number of nitrogens with one attached hydrogen (secondary N) is 1. The quantitative estimate of drug-likeness (QED) is 0.286. The Morgan fingerprint density at radius 1 is 1.08 bits per heavy atom. The van der Waals surface area contributed by atoms with Crippen molar-refractivity contribution in [2.75, 3.05) is 12.3 Å². The SMILES string of the molecule is CCCC(CCC)S(=O)(=O)C[C@@H](NC(=O)C1CC1)C(=O)N(C[C@@H](O)[C@@H](N)Cc1cc(F)cc(F)c1)C1CC1. The maximum absolute atomic E-state index is 13.7. The van der Waals surface area contributed by atoms with Crippen LogP contribution in [0.3, 0.4) is 0 Å². The zero-order valence-electron chi connectivity index (χ0n) is 22.2. The second-order valence-corrected chi connectivity index (χ2v) is 13.1. The number of aliphatic hydroxyl groups is 1. The molecule has 3 rings (SSSR count). The third kappa shape index (κ3) is 8.71. The minimum absolute atomic E-state index is 0.0194. The highest BCUT2D eigenvalue weighted by molar-refractivity contribution is 7.92. The summed E-state index contributed by atoms with van der Waals surface area (Å²) < 4.78 is 53.8. The van der Waals surface area contributed by atoms with E-state index in [-0.39, 0.29) is 36.4 Å². The minimum Gasteiger partial charge on any atom is -0.390 e. The predicted octanol–water partition coefficient (Wildman–Crippen LogP) is 2.46. The van der Waals surface area contributed by atoms with Crippen LogP contribution < -0.4 is 11.1 Å². The normalized spacial score (nSPS) is 18.2. The first-order chi connectivity index (χ1) is 17.9. The second-order valence-electron chi connectivity index (χ2n) is 10.8. The van der Waals surface area contributed by atoms with Crippen LogP contribution in [0.25, 0.3) is 0 Å². The third-order valence-electron chi connectivity index (χ3n) is 7.23. The van der Waals surface area contributed by atoms with Crippen molar-refractivity contribution in [1.82, 2.24) is 10.2 Å². The van der Waals surface area contributed by atoms with Gasteiger partial charge >= 0.3 is 0 Å². The first kappa shape index (κ1) is 30.4. The lowest BCUT2D eigenvalue weighted by Gasteiger charge is -2.32. The van der Waals surface area contributed by atoms with Gasteiger partial charge in [0.25, 0.3) is 0 Å². The van der Waals surface area contributed by atoms with Crippen LogP contribution in [-0.4, -0.2) is 72.0 Å². The highest BCUT2D eigenvalue weighted by Crippen LogP contribution is 2.31. The lowest BCUT2D eigenvalue weighted by atomic mass is 10.0. The van der Waals surface area contributed by atoms with Crippen molar-refractivity contribution in [2.24, 2.45) is 11.7 Å². The molecule has 1 aromatic carbocycles. The zero-order chi connectivity index (χ0) is 28.0. The van der Waals surface area contributed by atoms with Crippen molar-refractivity contribution in [3.63, 3.8) is 0 Å². The number of nitrogens with two attached hydrogens (primary N) is 1. The molecule has 2 aliphatic rings. The maximum atomic E-state index is 13.7. The lowest BCUT2D eigenvalue weighted by molar-refractivity contribution is -0.138. The molecule has 8 nitrogen and oxygen atoms in total. The standard InChI is InChI=1S/C27H41F2N3O5S/c1-3-5-22(6-4-2)38(36,37)16-24(31-26(34)18-7-8-18)27(35)32(21-9-10-21)15-25(33)23(30)13-17-11-19(28)14-20(29)12-17/h11-12,14,18,21-25,33H,3-10,13,15-16,30H2,1-2H3,(H,31,34)/t23-,24+,25+/m0/s1. The van der Waals surface area contributed by atoms with Crippen LogP contribution in [0, 0.1) is 17.6 Å². The molecule has 0 saturated heterocycles. The Hall–Kier alpha value is -2.11. The van der Waals surface area contributed by atoms with Crippen LogP contribution in [0.5, 0.6) is 0 Å². The Morgan fingerprint density at radius 2 is 1.66 bits per heavy atom. The smallest absolute Gasteiger partial charge is 0.246 e. The summed E-state index contributed by atoms with van der Waals surface area (Å²) in [6.45, 7) is 3.65. The van der Waals surface area contributed by atoms with Gasteiger partial charge in [0, 0.05) is 30.6 Å². The number of aliphatic hydroxyl groups excluding tert-OH is 1. The van der Waals surface area contributed by atoms with Gasteiger partial charge in [0.05, 0.1) is 17.1 Å². The molecule has 0 bridgehead atoms. The van der Waals surface area contributed by atoms with Gasteiger partial charge in [0.2, 0.25) is 11.8 Å². The molecule has 3 atom stereocenters. The summed E-state index contributed by atoms with van der Waals surface area (Å²) in [7, 11) is -3.69. The number of rotatable bonds is 16. The molecule has 11 heteroatoms. The molecule has 0 heterocycles. The number of hydrogen-bond donors (Lipinski definition) is 3. The summed E-state index contributed by atoms with van der Waals surface area (Å²) in [5.41, 5.74) is 6.41. The predicted molar refractivity (Wildman–Crippen MR) is 141 cm³/mol. The summed E-state index contributed by atoms with van der Waals surface area (Å²) in [4.78, 5) is 27.8. The fraction of sp³-hybridized carbons (Fsp3) is 0.704. The number of amides is 2. The minimum atomic E-state index is -3.69. The largest absolute Gasteiger partial charge is 0.390 e. The lowest BCUT2D eigenvalue weighted by Crippen LogP contribution is -2.56. The van der Waals surface area contributed by atoms with Gasteiger partial charge in [-0.15, -0.1) is 0 Å². The summed E-state index contributed by atoms with van der Waals surface area (Å²) in [6.07, 6.45) is 3.87. The van der Waals surface area contributed by atoms with E-state index in [0.717, 1.165) is 18.2 Å². The van der Waals surface area contributed by atoms with Crippen molar-refractivity contribution < 1.29 is 31.9 Å². The van der Waals surface area contributed by atoms with Crippen molar-refractivity contribution in [3.05, 3.63) is 35.4 Å². The molecule has 0 spiro atoms. The topological polar surface area (TPSA) is 130 Å². The Bertz CT molecular complexity index is 1050. The molecular formula is C27H41F2N3O5S. The number of carbonyl (C=O) groups excluding carboxylic acids is 2. The van der Waals surface area contributed by atoms with Gasteiger partial charge in [-0.05, 0) is 62.6 Å². The van der Waals surface area contributed by atoms with Crippen LogP contribution >= 0.6 is 0 Å². The molecular weight excluding hydrogens is 516 g/mol. The zero-order valence-corrected chi connectivity index (χ0v) is 23.1. The Balaban J connectivity index is 1.76. The van der Waals surface area contributed by atoms with E-state index >= 15 is 0 Å². The van der Waals surface area contributed by atoms with E-state index in [1.165, 1.54) is 4.90 Å². The van der Waals surface area contributed by atoms with E-state index in [1.54, 1.807) is 0 Å². The average molecular weight is 558 g/mol. The van der Waals surface area contributed by atoms with Gasteiger partial charge in [-0.25, -0.2) is 17.2 Å². The number of halogens is 2. The van der Waals surface area contributed by atoms with E-state index < -0.39 is 56.6 Å².